The number of rotatable bonds is 3. The van der Waals surface area contributed by atoms with E-state index in [1.165, 1.54) is 5.56 Å². The third kappa shape index (κ3) is 3.45. The topological polar surface area (TPSA) is 51.0 Å². The summed E-state index contributed by atoms with van der Waals surface area (Å²) in [4.78, 5) is 8.99. The molecule has 2 aliphatic heterocycles. The van der Waals surface area contributed by atoms with Gasteiger partial charge in [-0.05, 0) is 18.2 Å². The number of pyridine rings is 1. The molecule has 0 aliphatic carbocycles. The molecule has 0 bridgehead atoms. The summed E-state index contributed by atoms with van der Waals surface area (Å²) in [5.41, 5.74) is 2.03. The van der Waals surface area contributed by atoms with E-state index in [4.69, 9.17) is 13.9 Å². The number of nitrogens with zero attached hydrogens (tertiary/aromatic N) is 3. The van der Waals surface area contributed by atoms with Crippen LogP contribution in [0.3, 0.4) is 0 Å². The second-order valence-electron chi connectivity index (χ2n) is 6.56. The monoisotopic (exact) mass is 329 g/mol. The average Bonchev–Trinajstić information content (AvgIpc) is 3.03. The van der Waals surface area contributed by atoms with E-state index in [2.05, 4.69) is 20.9 Å². The maximum atomic E-state index is 6.24. The molecule has 1 unspecified atom stereocenters. The molecule has 4 rings (SSSR count). The number of aromatic nitrogens is 1. The highest BCUT2D eigenvalue weighted by Gasteiger charge is 2.40. The van der Waals surface area contributed by atoms with Gasteiger partial charge in [-0.2, -0.15) is 0 Å². The summed E-state index contributed by atoms with van der Waals surface area (Å²) < 4.78 is 17.3. The predicted molar refractivity (Wildman–Crippen MR) is 89.9 cm³/mol. The molecule has 2 aromatic rings. The van der Waals surface area contributed by atoms with Crippen LogP contribution in [0.25, 0.3) is 0 Å². The van der Waals surface area contributed by atoms with Crippen molar-refractivity contribution in [1.29, 1.82) is 0 Å². The first kappa shape index (κ1) is 15.6. The molecule has 4 heterocycles. The summed E-state index contributed by atoms with van der Waals surface area (Å²) >= 11 is 0. The third-order valence-corrected chi connectivity index (χ3v) is 4.67. The zero-order chi connectivity index (χ0) is 16.2. The van der Waals surface area contributed by atoms with E-state index in [0.29, 0.717) is 13.2 Å². The van der Waals surface area contributed by atoms with Crippen molar-refractivity contribution in [3.63, 3.8) is 0 Å². The molecule has 0 radical (unpaired) electrons. The van der Waals surface area contributed by atoms with E-state index in [1.54, 1.807) is 12.5 Å². The molecule has 2 aliphatic rings. The molecule has 1 spiro atoms. The minimum Gasteiger partial charge on any atom is -0.472 e. The van der Waals surface area contributed by atoms with Crippen LogP contribution in [0.2, 0.25) is 0 Å². The van der Waals surface area contributed by atoms with Crippen LogP contribution in [0.15, 0.2) is 47.5 Å². The van der Waals surface area contributed by atoms with Gasteiger partial charge < -0.3 is 18.8 Å². The Hall–Kier alpha value is -1.89. The molecule has 6 heteroatoms. The Bertz CT molecular complexity index is 634. The summed E-state index contributed by atoms with van der Waals surface area (Å²) in [5, 5.41) is 0. The fraction of sp³-hybridized carbons (Fsp3) is 0.500. The van der Waals surface area contributed by atoms with E-state index in [0.717, 1.165) is 45.0 Å². The van der Waals surface area contributed by atoms with E-state index in [1.807, 2.05) is 24.6 Å². The predicted octanol–water partition coefficient (Wildman–Crippen LogP) is 1.78. The zero-order valence-electron chi connectivity index (χ0n) is 13.8. The number of hydrogen-bond acceptors (Lipinski definition) is 6. The molecule has 0 amide bonds. The first-order valence-corrected chi connectivity index (χ1v) is 8.43. The van der Waals surface area contributed by atoms with Gasteiger partial charge in [0.25, 0.3) is 0 Å². The highest BCUT2D eigenvalue weighted by atomic mass is 16.5. The first-order valence-electron chi connectivity index (χ1n) is 8.43. The molecular weight excluding hydrogens is 306 g/mol. The van der Waals surface area contributed by atoms with Crippen LogP contribution in [-0.2, 0) is 16.0 Å². The number of anilines is 1. The van der Waals surface area contributed by atoms with Gasteiger partial charge in [0.2, 0.25) is 0 Å². The molecule has 0 saturated carbocycles. The van der Waals surface area contributed by atoms with Crippen LogP contribution in [0.1, 0.15) is 5.56 Å². The zero-order valence-corrected chi connectivity index (χ0v) is 13.8. The van der Waals surface area contributed by atoms with Crippen molar-refractivity contribution in [1.82, 2.24) is 9.88 Å². The molecule has 24 heavy (non-hydrogen) atoms. The SMILES string of the molecule is c1cncc(N2CCOCC3(CN(Cc4ccoc4)CCO3)C2)c1. The van der Waals surface area contributed by atoms with Crippen molar-refractivity contribution in [2.75, 3.05) is 50.9 Å². The van der Waals surface area contributed by atoms with Gasteiger partial charge in [-0.3, -0.25) is 9.88 Å². The van der Waals surface area contributed by atoms with Crippen molar-refractivity contribution in [2.45, 2.75) is 12.1 Å². The van der Waals surface area contributed by atoms with Gasteiger partial charge in [0, 0.05) is 37.9 Å². The Morgan fingerprint density at radius 2 is 2.17 bits per heavy atom. The molecular formula is C18H23N3O3. The van der Waals surface area contributed by atoms with Gasteiger partial charge in [-0.15, -0.1) is 0 Å². The van der Waals surface area contributed by atoms with Crippen LogP contribution < -0.4 is 4.90 Å². The Balaban J connectivity index is 1.49. The summed E-state index contributed by atoms with van der Waals surface area (Å²) in [6, 6.07) is 6.09. The third-order valence-electron chi connectivity index (χ3n) is 4.67. The molecule has 2 saturated heterocycles. The van der Waals surface area contributed by atoms with Crippen molar-refractivity contribution in [2.24, 2.45) is 0 Å². The Kier molecular flexibility index (Phi) is 4.51. The van der Waals surface area contributed by atoms with Gasteiger partial charge in [0.05, 0.1) is 50.8 Å². The van der Waals surface area contributed by atoms with Gasteiger partial charge >= 0.3 is 0 Å². The average molecular weight is 329 g/mol. The van der Waals surface area contributed by atoms with Crippen LogP contribution in [-0.4, -0.2) is 61.5 Å². The van der Waals surface area contributed by atoms with Gasteiger partial charge in [-0.1, -0.05) is 0 Å². The van der Waals surface area contributed by atoms with Gasteiger partial charge in [-0.25, -0.2) is 0 Å². The number of morpholine rings is 1. The van der Waals surface area contributed by atoms with Crippen molar-refractivity contribution < 1.29 is 13.9 Å². The molecule has 1 atom stereocenters. The molecule has 6 nitrogen and oxygen atoms in total. The fourth-order valence-corrected chi connectivity index (χ4v) is 3.55. The lowest BCUT2D eigenvalue weighted by Gasteiger charge is -2.43. The lowest BCUT2D eigenvalue weighted by molar-refractivity contribution is -0.134. The maximum absolute atomic E-state index is 6.24. The van der Waals surface area contributed by atoms with Crippen LogP contribution in [0.4, 0.5) is 5.69 Å². The standard InChI is InChI=1S/C18H23N3O3/c1-2-17(10-19-4-1)21-6-8-23-15-18(14-21)13-20(5-9-24-18)11-16-3-7-22-12-16/h1-4,7,10,12H,5-6,8-9,11,13-15H2. The molecule has 2 fully saturated rings. The quantitative estimate of drug-likeness (QED) is 0.856. The van der Waals surface area contributed by atoms with Crippen LogP contribution in [0.5, 0.6) is 0 Å². The second-order valence-corrected chi connectivity index (χ2v) is 6.56. The van der Waals surface area contributed by atoms with Crippen LogP contribution in [0, 0.1) is 0 Å². The second kappa shape index (κ2) is 6.93. The smallest absolute Gasteiger partial charge is 0.121 e. The summed E-state index contributed by atoms with van der Waals surface area (Å²) in [7, 11) is 0. The summed E-state index contributed by atoms with van der Waals surface area (Å²) in [6.07, 6.45) is 7.25. The lowest BCUT2D eigenvalue weighted by Crippen LogP contribution is -2.58. The number of ether oxygens (including phenoxy) is 2. The van der Waals surface area contributed by atoms with Crippen LogP contribution >= 0.6 is 0 Å². The highest BCUT2D eigenvalue weighted by molar-refractivity contribution is 5.44. The lowest BCUT2D eigenvalue weighted by atomic mass is 10.0. The first-order chi connectivity index (χ1) is 11.8. The van der Waals surface area contributed by atoms with E-state index >= 15 is 0 Å². The van der Waals surface area contributed by atoms with E-state index < -0.39 is 0 Å². The van der Waals surface area contributed by atoms with E-state index in [9.17, 15) is 0 Å². The fourth-order valence-electron chi connectivity index (χ4n) is 3.55. The Morgan fingerprint density at radius 3 is 3.00 bits per heavy atom. The molecule has 0 aromatic carbocycles. The van der Waals surface area contributed by atoms with Gasteiger partial charge in [0.1, 0.15) is 5.60 Å². The highest BCUT2D eigenvalue weighted by Crippen LogP contribution is 2.26. The molecule has 0 N–H and O–H groups in total. The molecule has 2 aromatic heterocycles. The van der Waals surface area contributed by atoms with Crippen molar-refractivity contribution in [3.8, 4) is 0 Å². The summed E-state index contributed by atoms with van der Waals surface area (Å²) in [6.45, 7) is 6.41. The maximum Gasteiger partial charge on any atom is 0.121 e. The van der Waals surface area contributed by atoms with Gasteiger partial charge in [0.15, 0.2) is 0 Å². The van der Waals surface area contributed by atoms with E-state index in [-0.39, 0.29) is 5.60 Å². The van der Waals surface area contributed by atoms with Crippen molar-refractivity contribution in [3.05, 3.63) is 48.7 Å². The Morgan fingerprint density at radius 1 is 1.17 bits per heavy atom. The largest absolute Gasteiger partial charge is 0.472 e. The minimum absolute atomic E-state index is 0.297. The van der Waals surface area contributed by atoms with Crippen molar-refractivity contribution >= 4 is 5.69 Å². The normalized spacial score (nSPS) is 25.8. The summed E-state index contributed by atoms with van der Waals surface area (Å²) in [5.74, 6) is 0. The molecule has 128 valence electrons. The minimum atomic E-state index is -0.297. The Labute approximate surface area is 142 Å². The number of furan rings is 1. The number of hydrogen-bond donors (Lipinski definition) is 0.